The Hall–Kier alpha value is -0.990. The van der Waals surface area contributed by atoms with Gasteiger partial charge in [-0.05, 0) is 13.8 Å². The summed E-state index contributed by atoms with van der Waals surface area (Å²) < 4.78 is 0. The summed E-state index contributed by atoms with van der Waals surface area (Å²) in [4.78, 5) is 24.8. The van der Waals surface area contributed by atoms with Crippen LogP contribution in [0.15, 0.2) is 0 Å². The maximum atomic E-state index is 11.9. The number of likely N-dealkylation sites (tertiary alicyclic amines) is 1. The van der Waals surface area contributed by atoms with Crippen LogP contribution in [0.2, 0.25) is 0 Å². The summed E-state index contributed by atoms with van der Waals surface area (Å²) in [5.74, 6) is 3.88. The van der Waals surface area contributed by atoms with Gasteiger partial charge >= 0.3 is 0 Å². The maximum absolute atomic E-state index is 11.9. The lowest BCUT2D eigenvalue weighted by atomic mass is 10.2. The monoisotopic (exact) mass is 254 g/mol. The summed E-state index contributed by atoms with van der Waals surface area (Å²) >= 11 is 1.64. The molecule has 1 N–H and O–H groups in total. The second-order valence-corrected chi connectivity index (χ2v) is 5.27. The molecule has 0 bridgehead atoms. The van der Waals surface area contributed by atoms with Gasteiger partial charge in [0.25, 0.3) is 0 Å². The van der Waals surface area contributed by atoms with Crippen molar-refractivity contribution >= 4 is 23.6 Å². The standard InChI is InChI=1S/C12H18N2O2S/c1-4-6-17-7-5-13-10-8-11(15)14(9(2)3)12(10)16/h1,9-10,13H,5-8H2,2-3H3. The first kappa shape index (κ1) is 14.1. The first-order chi connectivity index (χ1) is 8.07. The van der Waals surface area contributed by atoms with Crippen LogP contribution in [0, 0.1) is 12.3 Å². The van der Waals surface area contributed by atoms with Crippen molar-refractivity contribution in [2.24, 2.45) is 0 Å². The Balaban J connectivity index is 2.34. The fourth-order valence-corrected chi connectivity index (χ4v) is 2.31. The quantitative estimate of drug-likeness (QED) is 0.425. The van der Waals surface area contributed by atoms with Crippen molar-refractivity contribution in [3.63, 3.8) is 0 Å². The minimum absolute atomic E-state index is 0.0578. The molecule has 0 aromatic rings. The Kier molecular flexibility index (Phi) is 5.52. The fourth-order valence-electron chi connectivity index (χ4n) is 1.79. The second kappa shape index (κ2) is 6.67. The number of carbonyl (C=O) groups is 2. The smallest absolute Gasteiger partial charge is 0.247 e. The third-order valence-electron chi connectivity index (χ3n) is 2.52. The number of terminal acetylenes is 1. The summed E-state index contributed by atoms with van der Waals surface area (Å²) in [6.07, 6.45) is 5.40. The summed E-state index contributed by atoms with van der Waals surface area (Å²) in [6, 6.07) is -0.408. The van der Waals surface area contributed by atoms with Crippen molar-refractivity contribution in [3.8, 4) is 12.3 Å². The highest BCUT2D eigenvalue weighted by Crippen LogP contribution is 2.16. The van der Waals surface area contributed by atoms with E-state index in [1.165, 1.54) is 4.90 Å². The summed E-state index contributed by atoms with van der Waals surface area (Å²) in [5.41, 5.74) is 0. The van der Waals surface area contributed by atoms with E-state index in [1.54, 1.807) is 11.8 Å². The average molecular weight is 254 g/mol. The van der Waals surface area contributed by atoms with Gasteiger partial charge in [-0.3, -0.25) is 14.5 Å². The lowest BCUT2D eigenvalue weighted by Gasteiger charge is -2.19. The van der Waals surface area contributed by atoms with Gasteiger partial charge in [0.1, 0.15) is 0 Å². The normalized spacial score (nSPS) is 20.1. The average Bonchev–Trinajstić information content (AvgIpc) is 2.53. The van der Waals surface area contributed by atoms with Crippen molar-refractivity contribution in [3.05, 3.63) is 0 Å². The highest BCUT2D eigenvalue weighted by molar-refractivity contribution is 7.99. The number of thioether (sulfide) groups is 1. The highest BCUT2D eigenvalue weighted by atomic mass is 32.2. The molecule has 1 aliphatic heterocycles. The van der Waals surface area contributed by atoms with E-state index in [0.717, 1.165) is 5.75 Å². The SMILES string of the molecule is C#CCSCCNC1CC(=O)N(C(C)C)C1=O. The van der Waals surface area contributed by atoms with E-state index in [0.29, 0.717) is 12.3 Å². The first-order valence-electron chi connectivity index (χ1n) is 5.68. The van der Waals surface area contributed by atoms with Crippen molar-refractivity contribution in [1.29, 1.82) is 0 Å². The summed E-state index contributed by atoms with van der Waals surface area (Å²) in [7, 11) is 0. The van der Waals surface area contributed by atoms with Gasteiger partial charge in [-0.1, -0.05) is 5.92 Å². The summed E-state index contributed by atoms with van der Waals surface area (Å²) in [6.45, 7) is 4.39. The topological polar surface area (TPSA) is 49.4 Å². The number of nitrogens with zero attached hydrogens (tertiary/aromatic N) is 1. The van der Waals surface area contributed by atoms with E-state index in [9.17, 15) is 9.59 Å². The number of hydrogen-bond acceptors (Lipinski definition) is 4. The van der Waals surface area contributed by atoms with Crippen LogP contribution in [0.25, 0.3) is 0 Å². The second-order valence-electron chi connectivity index (χ2n) is 4.16. The number of rotatable bonds is 6. The molecule has 1 unspecified atom stereocenters. The number of hydrogen-bond donors (Lipinski definition) is 1. The van der Waals surface area contributed by atoms with E-state index in [1.807, 2.05) is 13.8 Å². The minimum atomic E-state index is -0.351. The third kappa shape index (κ3) is 3.76. The Labute approximate surface area is 107 Å². The van der Waals surface area contributed by atoms with E-state index in [-0.39, 0.29) is 30.3 Å². The Morgan fingerprint density at radius 1 is 1.59 bits per heavy atom. The van der Waals surface area contributed by atoms with Crippen LogP contribution in [0.5, 0.6) is 0 Å². The van der Waals surface area contributed by atoms with Gasteiger partial charge in [-0.2, -0.15) is 0 Å². The van der Waals surface area contributed by atoms with Gasteiger partial charge in [0.2, 0.25) is 11.8 Å². The zero-order valence-corrected chi connectivity index (χ0v) is 11.0. The van der Waals surface area contributed by atoms with Gasteiger partial charge in [0, 0.05) is 18.3 Å². The lowest BCUT2D eigenvalue weighted by molar-refractivity contribution is -0.140. The molecule has 0 saturated carbocycles. The van der Waals surface area contributed by atoms with Gasteiger partial charge in [-0.25, -0.2) is 0 Å². The van der Waals surface area contributed by atoms with Crippen molar-refractivity contribution in [1.82, 2.24) is 10.2 Å². The number of carbonyl (C=O) groups excluding carboxylic acids is 2. The molecule has 1 aliphatic rings. The molecule has 0 aliphatic carbocycles. The molecule has 0 aromatic carbocycles. The predicted molar refractivity (Wildman–Crippen MR) is 69.6 cm³/mol. The zero-order valence-electron chi connectivity index (χ0n) is 10.2. The third-order valence-corrected chi connectivity index (χ3v) is 3.39. The molecule has 0 radical (unpaired) electrons. The predicted octanol–water partition coefficient (Wildman–Crippen LogP) is 0.478. The van der Waals surface area contributed by atoms with Gasteiger partial charge in [0.05, 0.1) is 18.2 Å². The van der Waals surface area contributed by atoms with Crippen LogP contribution in [-0.2, 0) is 9.59 Å². The minimum Gasteiger partial charge on any atom is -0.305 e. The summed E-state index contributed by atoms with van der Waals surface area (Å²) in [5, 5.41) is 3.10. The van der Waals surface area contributed by atoms with Crippen LogP contribution >= 0.6 is 11.8 Å². The Morgan fingerprint density at radius 2 is 2.29 bits per heavy atom. The molecule has 1 saturated heterocycles. The molecule has 1 rings (SSSR count). The van der Waals surface area contributed by atoms with E-state index >= 15 is 0 Å². The maximum Gasteiger partial charge on any atom is 0.247 e. The molecule has 94 valence electrons. The van der Waals surface area contributed by atoms with Crippen molar-refractivity contribution in [2.75, 3.05) is 18.1 Å². The molecule has 1 fully saturated rings. The van der Waals surface area contributed by atoms with Gasteiger partial charge < -0.3 is 5.32 Å². The highest BCUT2D eigenvalue weighted by Gasteiger charge is 2.39. The molecule has 1 atom stereocenters. The van der Waals surface area contributed by atoms with Gasteiger partial charge in [0.15, 0.2) is 0 Å². The molecule has 1 heterocycles. The van der Waals surface area contributed by atoms with Crippen LogP contribution in [-0.4, -0.2) is 46.8 Å². The fraction of sp³-hybridized carbons (Fsp3) is 0.667. The molecular weight excluding hydrogens is 236 g/mol. The Morgan fingerprint density at radius 3 is 2.82 bits per heavy atom. The van der Waals surface area contributed by atoms with Crippen LogP contribution in [0.3, 0.4) is 0 Å². The van der Waals surface area contributed by atoms with Crippen LogP contribution < -0.4 is 5.32 Å². The Bertz CT molecular complexity index is 336. The van der Waals surface area contributed by atoms with E-state index in [4.69, 9.17) is 6.42 Å². The lowest BCUT2D eigenvalue weighted by Crippen LogP contribution is -2.42. The van der Waals surface area contributed by atoms with E-state index < -0.39 is 0 Å². The number of nitrogens with one attached hydrogen (secondary N) is 1. The molecule has 17 heavy (non-hydrogen) atoms. The molecule has 0 aromatic heterocycles. The largest absolute Gasteiger partial charge is 0.305 e. The van der Waals surface area contributed by atoms with Crippen molar-refractivity contribution in [2.45, 2.75) is 32.4 Å². The molecule has 5 heteroatoms. The van der Waals surface area contributed by atoms with E-state index in [2.05, 4.69) is 11.2 Å². The number of amides is 2. The van der Waals surface area contributed by atoms with Gasteiger partial charge in [-0.15, -0.1) is 18.2 Å². The van der Waals surface area contributed by atoms with Crippen LogP contribution in [0.1, 0.15) is 20.3 Å². The molecule has 2 amide bonds. The first-order valence-corrected chi connectivity index (χ1v) is 6.84. The van der Waals surface area contributed by atoms with Crippen LogP contribution in [0.4, 0.5) is 0 Å². The molecule has 4 nitrogen and oxygen atoms in total. The number of imide groups is 1. The molecular formula is C12H18N2O2S. The molecule has 0 spiro atoms. The zero-order chi connectivity index (χ0) is 12.8. The van der Waals surface area contributed by atoms with Crippen molar-refractivity contribution < 1.29 is 9.59 Å².